The SMILES string of the molecule is Cc1ccc(C(=O)C(=O)N(C)Cc2ccccc2N2CCCC2)cc1. The van der Waals surface area contributed by atoms with E-state index in [2.05, 4.69) is 11.0 Å². The first-order valence-corrected chi connectivity index (χ1v) is 8.75. The Labute approximate surface area is 149 Å². The van der Waals surface area contributed by atoms with Crippen LogP contribution in [0.2, 0.25) is 0 Å². The van der Waals surface area contributed by atoms with E-state index in [0.29, 0.717) is 12.1 Å². The van der Waals surface area contributed by atoms with Crippen LogP contribution in [0.5, 0.6) is 0 Å². The van der Waals surface area contributed by atoms with Crippen LogP contribution in [0.4, 0.5) is 5.69 Å². The van der Waals surface area contributed by atoms with Crippen LogP contribution in [0.1, 0.15) is 34.3 Å². The number of hydrogen-bond donors (Lipinski definition) is 0. The third-order valence-electron chi connectivity index (χ3n) is 4.70. The molecule has 25 heavy (non-hydrogen) atoms. The predicted molar refractivity (Wildman–Crippen MR) is 99.9 cm³/mol. The maximum atomic E-state index is 12.5. The molecule has 0 saturated carbocycles. The lowest BCUT2D eigenvalue weighted by molar-refractivity contribution is -0.125. The van der Waals surface area contributed by atoms with Crippen LogP contribution in [-0.2, 0) is 11.3 Å². The number of amides is 1. The quantitative estimate of drug-likeness (QED) is 0.620. The Morgan fingerprint density at radius 3 is 2.32 bits per heavy atom. The molecule has 1 saturated heterocycles. The molecule has 0 unspecified atom stereocenters. The van der Waals surface area contributed by atoms with Gasteiger partial charge >= 0.3 is 0 Å². The summed E-state index contributed by atoms with van der Waals surface area (Å²) in [5, 5.41) is 0. The standard InChI is InChI=1S/C21H24N2O2/c1-16-9-11-17(12-10-16)20(24)21(25)22(2)15-18-7-3-4-8-19(18)23-13-5-6-14-23/h3-4,7-12H,5-6,13-15H2,1-2H3. The molecule has 0 spiro atoms. The minimum absolute atomic E-state index is 0.434. The number of ketones is 1. The number of Topliss-reactive ketones (excluding diaryl/α,β-unsaturated/α-hetero) is 1. The average molecular weight is 336 g/mol. The number of aryl methyl sites for hydroxylation is 1. The number of likely N-dealkylation sites (N-methyl/N-ethyl adjacent to an activating group) is 1. The van der Waals surface area contributed by atoms with E-state index in [1.165, 1.54) is 23.4 Å². The summed E-state index contributed by atoms with van der Waals surface area (Å²) in [6.07, 6.45) is 2.41. The molecule has 1 fully saturated rings. The molecule has 1 heterocycles. The highest BCUT2D eigenvalue weighted by molar-refractivity contribution is 6.42. The normalized spacial score (nSPS) is 13.8. The van der Waals surface area contributed by atoms with E-state index in [-0.39, 0.29) is 0 Å². The number of para-hydroxylation sites is 1. The molecule has 1 aliphatic heterocycles. The fourth-order valence-corrected chi connectivity index (χ4v) is 3.24. The summed E-state index contributed by atoms with van der Waals surface area (Å²) in [7, 11) is 1.69. The summed E-state index contributed by atoms with van der Waals surface area (Å²) < 4.78 is 0. The molecule has 1 amide bonds. The first-order chi connectivity index (χ1) is 12.1. The van der Waals surface area contributed by atoms with Gasteiger partial charge in [0.2, 0.25) is 5.78 Å². The highest BCUT2D eigenvalue weighted by Crippen LogP contribution is 2.25. The van der Waals surface area contributed by atoms with E-state index in [0.717, 1.165) is 24.2 Å². The van der Waals surface area contributed by atoms with Crippen molar-refractivity contribution in [3.8, 4) is 0 Å². The van der Waals surface area contributed by atoms with Gasteiger partial charge in [-0.1, -0.05) is 48.0 Å². The molecule has 3 rings (SSSR count). The zero-order valence-electron chi connectivity index (χ0n) is 14.9. The lowest BCUT2D eigenvalue weighted by Crippen LogP contribution is -2.33. The second kappa shape index (κ2) is 7.51. The van der Waals surface area contributed by atoms with E-state index >= 15 is 0 Å². The molecule has 0 aromatic heterocycles. The molecule has 2 aromatic carbocycles. The number of carbonyl (C=O) groups excluding carboxylic acids is 2. The van der Waals surface area contributed by atoms with Crippen molar-refractivity contribution in [2.45, 2.75) is 26.3 Å². The summed E-state index contributed by atoms with van der Waals surface area (Å²) in [6, 6.07) is 15.3. The second-order valence-corrected chi connectivity index (χ2v) is 6.68. The fourth-order valence-electron chi connectivity index (χ4n) is 3.24. The molecule has 0 atom stereocenters. The van der Waals surface area contributed by atoms with Gasteiger partial charge in [-0.25, -0.2) is 0 Å². The topological polar surface area (TPSA) is 40.6 Å². The van der Waals surface area contributed by atoms with Gasteiger partial charge in [-0.3, -0.25) is 9.59 Å². The van der Waals surface area contributed by atoms with Gasteiger partial charge in [-0.05, 0) is 31.4 Å². The predicted octanol–water partition coefficient (Wildman–Crippen LogP) is 3.44. The lowest BCUT2D eigenvalue weighted by atomic mass is 10.1. The van der Waals surface area contributed by atoms with Gasteiger partial charge in [0.05, 0.1) is 0 Å². The number of anilines is 1. The lowest BCUT2D eigenvalue weighted by Gasteiger charge is -2.24. The van der Waals surface area contributed by atoms with Gasteiger partial charge in [0.1, 0.15) is 0 Å². The van der Waals surface area contributed by atoms with Crippen LogP contribution in [0.3, 0.4) is 0 Å². The zero-order chi connectivity index (χ0) is 17.8. The summed E-state index contributed by atoms with van der Waals surface area (Å²) in [4.78, 5) is 28.8. The Morgan fingerprint density at radius 2 is 1.64 bits per heavy atom. The summed E-state index contributed by atoms with van der Waals surface area (Å²) in [6.45, 7) is 4.49. The third kappa shape index (κ3) is 3.90. The molecule has 0 N–H and O–H groups in total. The number of nitrogens with zero attached hydrogens (tertiary/aromatic N) is 2. The maximum absolute atomic E-state index is 12.5. The number of rotatable bonds is 5. The van der Waals surface area contributed by atoms with Gasteiger partial charge in [0.15, 0.2) is 0 Å². The van der Waals surface area contributed by atoms with Crippen molar-refractivity contribution < 1.29 is 9.59 Å². The summed E-state index contributed by atoms with van der Waals surface area (Å²) in [5.74, 6) is -0.929. The first kappa shape index (κ1) is 17.2. The number of carbonyl (C=O) groups is 2. The Hall–Kier alpha value is -2.62. The largest absolute Gasteiger partial charge is 0.371 e. The molecular weight excluding hydrogens is 312 g/mol. The summed E-state index contributed by atoms with van der Waals surface area (Å²) >= 11 is 0. The molecule has 4 nitrogen and oxygen atoms in total. The monoisotopic (exact) mass is 336 g/mol. The first-order valence-electron chi connectivity index (χ1n) is 8.75. The van der Waals surface area contributed by atoms with Gasteiger partial charge in [0, 0.05) is 37.9 Å². The Balaban J connectivity index is 1.73. The van der Waals surface area contributed by atoms with Gasteiger partial charge in [-0.2, -0.15) is 0 Å². The van der Waals surface area contributed by atoms with Gasteiger partial charge in [0.25, 0.3) is 5.91 Å². The van der Waals surface area contributed by atoms with Crippen LogP contribution in [-0.4, -0.2) is 36.7 Å². The number of benzene rings is 2. The molecular formula is C21H24N2O2. The van der Waals surface area contributed by atoms with E-state index < -0.39 is 11.7 Å². The van der Waals surface area contributed by atoms with Crippen molar-refractivity contribution in [1.82, 2.24) is 4.90 Å². The van der Waals surface area contributed by atoms with Crippen molar-refractivity contribution in [2.24, 2.45) is 0 Å². The Kier molecular flexibility index (Phi) is 5.17. The smallest absolute Gasteiger partial charge is 0.295 e. The van der Waals surface area contributed by atoms with Gasteiger partial charge < -0.3 is 9.80 Å². The fraction of sp³-hybridized carbons (Fsp3) is 0.333. The van der Waals surface area contributed by atoms with Crippen molar-refractivity contribution in [3.05, 3.63) is 65.2 Å². The van der Waals surface area contributed by atoms with E-state index in [4.69, 9.17) is 0 Å². The van der Waals surface area contributed by atoms with E-state index in [9.17, 15) is 9.59 Å². The highest BCUT2D eigenvalue weighted by Gasteiger charge is 2.22. The van der Waals surface area contributed by atoms with Crippen LogP contribution in [0, 0.1) is 6.92 Å². The third-order valence-corrected chi connectivity index (χ3v) is 4.70. The minimum Gasteiger partial charge on any atom is -0.371 e. The Bertz CT molecular complexity index is 762. The highest BCUT2D eigenvalue weighted by atomic mass is 16.2. The van der Waals surface area contributed by atoms with Crippen molar-refractivity contribution in [3.63, 3.8) is 0 Å². The molecule has 0 radical (unpaired) electrons. The Morgan fingerprint density at radius 1 is 1.00 bits per heavy atom. The average Bonchev–Trinajstić information content (AvgIpc) is 3.16. The minimum atomic E-state index is -0.472. The summed E-state index contributed by atoms with van der Waals surface area (Å²) in [5.41, 5.74) is 3.76. The van der Waals surface area contributed by atoms with Crippen LogP contribution < -0.4 is 4.90 Å². The number of hydrogen-bond acceptors (Lipinski definition) is 3. The van der Waals surface area contributed by atoms with Crippen LogP contribution in [0.25, 0.3) is 0 Å². The molecule has 4 heteroatoms. The molecule has 0 bridgehead atoms. The van der Waals surface area contributed by atoms with E-state index in [1.54, 1.807) is 19.2 Å². The van der Waals surface area contributed by atoms with E-state index in [1.807, 2.05) is 37.3 Å². The molecule has 130 valence electrons. The second-order valence-electron chi connectivity index (χ2n) is 6.68. The van der Waals surface area contributed by atoms with Crippen molar-refractivity contribution >= 4 is 17.4 Å². The van der Waals surface area contributed by atoms with Crippen molar-refractivity contribution in [2.75, 3.05) is 25.0 Å². The van der Waals surface area contributed by atoms with Crippen LogP contribution >= 0.6 is 0 Å². The van der Waals surface area contributed by atoms with Crippen LogP contribution in [0.15, 0.2) is 48.5 Å². The maximum Gasteiger partial charge on any atom is 0.295 e. The molecule has 2 aromatic rings. The zero-order valence-corrected chi connectivity index (χ0v) is 14.9. The van der Waals surface area contributed by atoms with Crippen molar-refractivity contribution in [1.29, 1.82) is 0 Å². The molecule has 0 aliphatic carbocycles. The van der Waals surface area contributed by atoms with Gasteiger partial charge in [-0.15, -0.1) is 0 Å². The molecule has 1 aliphatic rings.